The van der Waals surface area contributed by atoms with Crippen molar-refractivity contribution < 1.29 is 4.92 Å². The average Bonchev–Trinajstić information content (AvgIpc) is 2.96. The van der Waals surface area contributed by atoms with Crippen molar-refractivity contribution in [2.45, 2.75) is 19.3 Å². The van der Waals surface area contributed by atoms with Crippen molar-refractivity contribution in [1.82, 2.24) is 15.3 Å². The van der Waals surface area contributed by atoms with Gasteiger partial charge in [0.1, 0.15) is 0 Å². The van der Waals surface area contributed by atoms with Crippen molar-refractivity contribution in [2.24, 2.45) is 5.92 Å². The number of aromatic amines is 1. The van der Waals surface area contributed by atoms with Gasteiger partial charge in [-0.15, -0.1) is 0 Å². The fraction of sp³-hybridized carbons (Fsp3) is 0.533. The minimum absolute atomic E-state index is 0.0912. The van der Waals surface area contributed by atoms with E-state index in [1.165, 1.54) is 25.3 Å². The van der Waals surface area contributed by atoms with E-state index in [1.807, 2.05) is 7.05 Å². The van der Waals surface area contributed by atoms with Gasteiger partial charge in [0.05, 0.1) is 16.0 Å². The van der Waals surface area contributed by atoms with Crippen LogP contribution in [-0.4, -0.2) is 41.6 Å². The molecule has 0 bridgehead atoms. The summed E-state index contributed by atoms with van der Waals surface area (Å²) in [6.45, 7) is 3.03. The number of H-pyrrole nitrogens is 1. The first-order valence-corrected chi connectivity index (χ1v) is 7.71. The number of aromatic nitrogens is 2. The van der Waals surface area contributed by atoms with Gasteiger partial charge in [0.25, 0.3) is 5.69 Å². The number of nitrogens with one attached hydrogen (secondary N) is 2. The maximum atomic E-state index is 10.8. The van der Waals surface area contributed by atoms with Crippen LogP contribution in [0.2, 0.25) is 0 Å². The van der Waals surface area contributed by atoms with Gasteiger partial charge < -0.3 is 15.2 Å². The van der Waals surface area contributed by atoms with Crippen LogP contribution in [0, 0.1) is 16.0 Å². The van der Waals surface area contributed by atoms with Gasteiger partial charge in [-0.25, -0.2) is 4.98 Å². The van der Waals surface area contributed by atoms with E-state index in [2.05, 4.69) is 20.2 Å². The second kappa shape index (κ2) is 6.31. The molecule has 7 nitrogen and oxygen atoms in total. The van der Waals surface area contributed by atoms with Crippen molar-refractivity contribution in [3.05, 3.63) is 28.3 Å². The minimum atomic E-state index is -0.382. The number of benzene rings is 1. The van der Waals surface area contributed by atoms with E-state index < -0.39 is 0 Å². The quantitative estimate of drug-likeness (QED) is 0.653. The molecule has 0 unspecified atom stereocenters. The molecule has 2 N–H and O–H groups in total. The van der Waals surface area contributed by atoms with E-state index in [9.17, 15) is 10.1 Å². The highest BCUT2D eigenvalue weighted by atomic mass is 16.6. The number of hydrogen-bond donors (Lipinski definition) is 2. The highest BCUT2D eigenvalue weighted by molar-refractivity contribution is 5.80. The van der Waals surface area contributed by atoms with Gasteiger partial charge in [-0.1, -0.05) is 0 Å². The van der Waals surface area contributed by atoms with E-state index in [0.29, 0.717) is 0 Å². The van der Waals surface area contributed by atoms with Crippen LogP contribution in [0.5, 0.6) is 0 Å². The van der Waals surface area contributed by atoms with Crippen molar-refractivity contribution in [2.75, 3.05) is 31.6 Å². The third kappa shape index (κ3) is 3.04. The number of nitro benzene ring substituents is 1. The number of non-ortho nitro benzene ring substituents is 1. The lowest BCUT2D eigenvalue weighted by molar-refractivity contribution is -0.384. The molecule has 1 aromatic carbocycles. The molecule has 0 radical (unpaired) electrons. The minimum Gasteiger partial charge on any atom is -0.342 e. The van der Waals surface area contributed by atoms with Gasteiger partial charge in [-0.3, -0.25) is 10.1 Å². The van der Waals surface area contributed by atoms with Crippen LogP contribution in [0.1, 0.15) is 19.3 Å². The van der Waals surface area contributed by atoms with Crippen LogP contribution in [0.15, 0.2) is 18.2 Å². The first kappa shape index (κ1) is 14.8. The standard InChI is InChI=1S/C15H21N5O2/c1-16-7-4-11-5-8-19(9-6-11)15-17-13-3-2-12(20(21)22)10-14(13)18-15/h2-3,10-11,16H,4-9H2,1H3,(H,17,18). The van der Waals surface area contributed by atoms with E-state index >= 15 is 0 Å². The van der Waals surface area contributed by atoms with Crippen LogP contribution in [0.25, 0.3) is 11.0 Å². The molecule has 2 aromatic rings. The smallest absolute Gasteiger partial charge is 0.271 e. The van der Waals surface area contributed by atoms with Crippen molar-refractivity contribution in [3.8, 4) is 0 Å². The van der Waals surface area contributed by atoms with E-state index in [1.54, 1.807) is 12.1 Å². The molecule has 7 heteroatoms. The largest absolute Gasteiger partial charge is 0.342 e. The van der Waals surface area contributed by atoms with Gasteiger partial charge >= 0.3 is 0 Å². The van der Waals surface area contributed by atoms with Crippen LogP contribution in [0.3, 0.4) is 0 Å². The Morgan fingerprint density at radius 3 is 2.91 bits per heavy atom. The topological polar surface area (TPSA) is 87.1 Å². The van der Waals surface area contributed by atoms with Gasteiger partial charge in [0.15, 0.2) is 0 Å². The first-order valence-electron chi connectivity index (χ1n) is 7.71. The first-order chi connectivity index (χ1) is 10.7. The summed E-state index contributed by atoms with van der Waals surface area (Å²) < 4.78 is 0. The second-order valence-corrected chi connectivity index (χ2v) is 5.84. The monoisotopic (exact) mass is 303 g/mol. The number of rotatable bonds is 5. The van der Waals surface area contributed by atoms with E-state index in [-0.39, 0.29) is 10.6 Å². The Morgan fingerprint density at radius 1 is 1.45 bits per heavy atom. The van der Waals surface area contributed by atoms with Crippen molar-refractivity contribution >= 4 is 22.7 Å². The summed E-state index contributed by atoms with van der Waals surface area (Å²) in [5, 5.41) is 14.0. The number of hydrogen-bond acceptors (Lipinski definition) is 5. The zero-order valence-electron chi connectivity index (χ0n) is 12.7. The normalized spacial score (nSPS) is 16.3. The van der Waals surface area contributed by atoms with Gasteiger partial charge in [-0.2, -0.15) is 0 Å². The zero-order valence-corrected chi connectivity index (χ0v) is 12.7. The Morgan fingerprint density at radius 2 is 2.23 bits per heavy atom. The summed E-state index contributed by atoms with van der Waals surface area (Å²) in [5.41, 5.74) is 1.59. The molecule has 0 saturated carbocycles. The Labute approximate surface area is 128 Å². The van der Waals surface area contributed by atoms with Gasteiger partial charge in [0.2, 0.25) is 5.95 Å². The maximum Gasteiger partial charge on any atom is 0.271 e. The molecule has 2 heterocycles. The number of fused-ring (bicyclic) bond motifs is 1. The molecule has 1 aliphatic rings. The molecule has 1 aliphatic heterocycles. The SMILES string of the molecule is CNCCC1CCN(c2nc3ccc([N+](=O)[O-])cc3[nH]2)CC1. The Balaban J connectivity index is 1.70. The Hall–Kier alpha value is -2.15. The molecule has 3 rings (SSSR count). The molecular weight excluding hydrogens is 282 g/mol. The highest BCUT2D eigenvalue weighted by Gasteiger charge is 2.21. The lowest BCUT2D eigenvalue weighted by Gasteiger charge is -2.31. The number of piperidine rings is 1. The molecule has 22 heavy (non-hydrogen) atoms. The van der Waals surface area contributed by atoms with Crippen LogP contribution < -0.4 is 10.2 Å². The number of nitrogens with zero attached hydrogens (tertiary/aromatic N) is 3. The van der Waals surface area contributed by atoms with Crippen LogP contribution in [0.4, 0.5) is 11.6 Å². The summed E-state index contributed by atoms with van der Waals surface area (Å²) in [5.74, 6) is 1.59. The summed E-state index contributed by atoms with van der Waals surface area (Å²) in [7, 11) is 1.99. The summed E-state index contributed by atoms with van der Waals surface area (Å²) in [6, 6.07) is 4.75. The van der Waals surface area contributed by atoms with E-state index in [4.69, 9.17) is 0 Å². The summed E-state index contributed by atoms with van der Waals surface area (Å²) >= 11 is 0. The Bertz CT molecular complexity index is 661. The molecule has 0 spiro atoms. The Kier molecular flexibility index (Phi) is 4.24. The fourth-order valence-electron chi connectivity index (χ4n) is 3.03. The summed E-state index contributed by atoms with van der Waals surface area (Å²) in [6.07, 6.45) is 3.55. The molecule has 0 aliphatic carbocycles. The predicted molar refractivity (Wildman–Crippen MR) is 86.2 cm³/mol. The van der Waals surface area contributed by atoms with Crippen molar-refractivity contribution in [1.29, 1.82) is 0 Å². The predicted octanol–water partition coefficient (Wildman–Crippen LogP) is 2.30. The highest BCUT2D eigenvalue weighted by Crippen LogP contribution is 2.26. The number of imidazole rings is 1. The second-order valence-electron chi connectivity index (χ2n) is 5.84. The molecule has 1 aromatic heterocycles. The molecule has 1 saturated heterocycles. The lowest BCUT2D eigenvalue weighted by atomic mass is 9.94. The molecule has 118 valence electrons. The van der Waals surface area contributed by atoms with Crippen LogP contribution >= 0.6 is 0 Å². The lowest BCUT2D eigenvalue weighted by Crippen LogP contribution is -2.35. The summed E-state index contributed by atoms with van der Waals surface area (Å²) in [4.78, 5) is 20.5. The van der Waals surface area contributed by atoms with Gasteiger partial charge in [0, 0.05) is 25.2 Å². The zero-order chi connectivity index (χ0) is 15.5. The fourth-order valence-corrected chi connectivity index (χ4v) is 3.03. The number of nitro groups is 1. The molecule has 0 amide bonds. The average molecular weight is 303 g/mol. The van der Waals surface area contributed by atoms with Crippen molar-refractivity contribution in [3.63, 3.8) is 0 Å². The molecule has 1 fully saturated rings. The third-order valence-corrected chi connectivity index (χ3v) is 4.38. The van der Waals surface area contributed by atoms with Crippen LogP contribution in [-0.2, 0) is 0 Å². The molecule has 0 atom stereocenters. The third-order valence-electron chi connectivity index (χ3n) is 4.38. The number of anilines is 1. The molecular formula is C15H21N5O2. The van der Waals surface area contributed by atoms with E-state index in [0.717, 1.165) is 42.5 Å². The maximum absolute atomic E-state index is 10.8. The van der Waals surface area contributed by atoms with Gasteiger partial charge in [-0.05, 0) is 44.8 Å².